The van der Waals surface area contributed by atoms with E-state index in [1.807, 2.05) is 20.8 Å². The summed E-state index contributed by atoms with van der Waals surface area (Å²) in [5.41, 5.74) is -0.278. The predicted molar refractivity (Wildman–Crippen MR) is 43.3 cm³/mol. The minimum atomic E-state index is -0.278. The second kappa shape index (κ2) is 2.59. The maximum Gasteiger partial charge on any atom is 0.128 e. The summed E-state index contributed by atoms with van der Waals surface area (Å²) in [5.74, 6) is 0.329. The van der Waals surface area contributed by atoms with E-state index in [2.05, 4.69) is 6.92 Å². The molecule has 1 rings (SSSR count). The largest absolute Gasteiger partial charge is 0.374 e. The Morgan fingerprint density at radius 1 is 1.36 bits per heavy atom. The molecule has 11 heavy (non-hydrogen) atoms. The van der Waals surface area contributed by atoms with Crippen molar-refractivity contribution >= 4 is 6.29 Å². The van der Waals surface area contributed by atoms with Crippen molar-refractivity contribution in [1.29, 1.82) is 0 Å². The number of aldehydes is 1. The molecule has 1 aliphatic rings. The molecule has 0 aromatic rings. The van der Waals surface area contributed by atoms with Crippen molar-refractivity contribution in [2.45, 2.75) is 39.9 Å². The molecule has 0 amide bonds. The third-order valence-electron chi connectivity index (χ3n) is 3.23. The SMILES string of the molecule is CC1OC(C)C(C)(C=O)C1C. The fourth-order valence-corrected chi connectivity index (χ4v) is 1.67. The van der Waals surface area contributed by atoms with Crippen LogP contribution < -0.4 is 0 Å². The molecular weight excluding hydrogens is 140 g/mol. The Bertz CT molecular complexity index is 167. The fourth-order valence-electron chi connectivity index (χ4n) is 1.67. The summed E-state index contributed by atoms with van der Waals surface area (Å²) in [4.78, 5) is 10.8. The number of carbonyl (C=O) groups is 1. The first-order chi connectivity index (χ1) is 5.02. The van der Waals surface area contributed by atoms with Crippen LogP contribution in [-0.4, -0.2) is 18.5 Å². The molecule has 4 unspecified atom stereocenters. The molecule has 0 aromatic carbocycles. The molecule has 2 nitrogen and oxygen atoms in total. The van der Waals surface area contributed by atoms with Crippen molar-refractivity contribution < 1.29 is 9.53 Å². The normalized spacial score (nSPS) is 51.1. The molecule has 64 valence electrons. The van der Waals surface area contributed by atoms with Crippen molar-refractivity contribution in [1.82, 2.24) is 0 Å². The quantitative estimate of drug-likeness (QED) is 0.539. The zero-order valence-electron chi connectivity index (χ0n) is 7.63. The summed E-state index contributed by atoms with van der Waals surface area (Å²) in [6.07, 6.45) is 1.30. The van der Waals surface area contributed by atoms with E-state index in [0.29, 0.717) is 5.92 Å². The minimum absolute atomic E-state index is 0.0602. The van der Waals surface area contributed by atoms with Crippen LogP contribution in [0.5, 0.6) is 0 Å². The predicted octanol–water partition coefficient (Wildman–Crippen LogP) is 1.63. The third kappa shape index (κ3) is 1.09. The van der Waals surface area contributed by atoms with Crippen LogP contribution >= 0.6 is 0 Å². The molecule has 1 fully saturated rings. The van der Waals surface area contributed by atoms with Crippen LogP contribution in [0.2, 0.25) is 0 Å². The summed E-state index contributed by atoms with van der Waals surface area (Å²) in [6.45, 7) is 8.03. The van der Waals surface area contributed by atoms with Crippen LogP contribution in [0.1, 0.15) is 27.7 Å². The van der Waals surface area contributed by atoms with E-state index in [4.69, 9.17) is 4.74 Å². The lowest BCUT2D eigenvalue weighted by molar-refractivity contribution is -0.118. The highest BCUT2D eigenvalue weighted by Gasteiger charge is 2.47. The van der Waals surface area contributed by atoms with E-state index in [1.54, 1.807) is 0 Å². The lowest BCUT2D eigenvalue weighted by Gasteiger charge is -2.24. The molecule has 0 saturated carbocycles. The lowest BCUT2D eigenvalue weighted by atomic mass is 9.76. The molecule has 4 atom stereocenters. The first kappa shape index (κ1) is 8.72. The standard InChI is InChI=1S/C9H16O2/c1-6-7(2)11-8(3)9(6,4)5-10/h5-8H,1-4H3. The molecule has 1 saturated heterocycles. The average molecular weight is 156 g/mol. The summed E-state index contributed by atoms with van der Waals surface area (Å²) >= 11 is 0. The summed E-state index contributed by atoms with van der Waals surface area (Å²) < 4.78 is 5.55. The minimum Gasteiger partial charge on any atom is -0.374 e. The second-order valence-electron chi connectivity index (χ2n) is 3.76. The third-order valence-corrected chi connectivity index (χ3v) is 3.23. The highest BCUT2D eigenvalue weighted by atomic mass is 16.5. The van der Waals surface area contributed by atoms with E-state index < -0.39 is 0 Å². The lowest BCUT2D eigenvalue weighted by Crippen LogP contribution is -2.32. The van der Waals surface area contributed by atoms with Gasteiger partial charge < -0.3 is 9.53 Å². The van der Waals surface area contributed by atoms with Gasteiger partial charge in [0.05, 0.1) is 17.6 Å². The van der Waals surface area contributed by atoms with Crippen molar-refractivity contribution in [2.75, 3.05) is 0 Å². The van der Waals surface area contributed by atoms with E-state index in [0.717, 1.165) is 6.29 Å². The van der Waals surface area contributed by atoms with E-state index in [9.17, 15) is 4.79 Å². The number of ether oxygens (including phenoxy) is 1. The Labute approximate surface area is 67.9 Å². The van der Waals surface area contributed by atoms with Crippen LogP contribution in [0.4, 0.5) is 0 Å². The van der Waals surface area contributed by atoms with Crippen molar-refractivity contribution in [3.05, 3.63) is 0 Å². The highest BCUT2D eigenvalue weighted by Crippen LogP contribution is 2.41. The zero-order chi connectivity index (χ0) is 8.65. The van der Waals surface area contributed by atoms with Gasteiger partial charge in [-0.1, -0.05) is 13.8 Å². The molecule has 1 heterocycles. The van der Waals surface area contributed by atoms with Gasteiger partial charge in [0, 0.05) is 0 Å². The van der Waals surface area contributed by atoms with Crippen molar-refractivity contribution in [3.63, 3.8) is 0 Å². The van der Waals surface area contributed by atoms with Gasteiger partial charge in [0.15, 0.2) is 0 Å². The molecule has 2 heteroatoms. The Morgan fingerprint density at radius 3 is 2.09 bits per heavy atom. The summed E-state index contributed by atoms with van der Waals surface area (Å²) in [7, 11) is 0. The molecule has 0 radical (unpaired) electrons. The Morgan fingerprint density at radius 2 is 1.91 bits per heavy atom. The Balaban J connectivity index is 2.86. The monoisotopic (exact) mass is 156 g/mol. The number of carbonyl (C=O) groups excluding carboxylic acids is 1. The van der Waals surface area contributed by atoms with Gasteiger partial charge in [-0.05, 0) is 19.8 Å². The van der Waals surface area contributed by atoms with Gasteiger partial charge in [-0.2, -0.15) is 0 Å². The molecule has 0 N–H and O–H groups in total. The maximum atomic E-state index is 10.8. The second-order valence-corrected chi connectivity index (χ2v) is 3.76. The Kier molecular flexibility index (Phi) is 2.06. The first-order valence-corrected chi connectivity index (χ1v) is 4.14. The zero-order valence-corrected chi connectivity index (χ0v) is 7.63. The van der Waals surface area contributed by atoms with Crippen LogP contribution in [0, 0.1) is 11.3 Å². The average Bonchev–Trinajstić information content (AvgIpc) is 2.16. The molecule has 0 spiro atoms. The van der Waals surface area contributed by atoms with Gasteiger partial charge >= 0.3 is 0 Å². The molecule has 1 aliphatic heterocycles. The van der Waals surface area contributed by atoms with E-state index >= 15 is 0 Å². The number of hydrogen-bond donors (Lipinski definition) is 0. The van der Waals surface area contributed by atoms with Crippen molar-refractivity contribution in [3.8, 4) is 0 Å². The summed E-state index contributed by atoms with van der Waals surface area (Å²) in [5, 5.41) is 0. The molecule has 0 bridgehead atoms. The van der Waals surface area contributed by atoms with Gasteiger partial charge in [-0.25, -0.2) is 0 Å². The van der Waals surface area contributed by atoms with Gasteiger partial charge in [0.25, 0.3) is 0 Å². The number of hydrogen-bond acceptors (Lipinski definition) is 2. The van der Waals surface area contributed by atoms with Gasteiger partial charge in [-0.15, -0.1) is 0 Å². The maximum absolute atomic E-state index is 10.8. The topological polar surface area (TPSA) is 26.3 Å². The molecule has 0 aromatic heterocycles. The highest BCUT2D eigenvalue weighted by molar-refractivity contribution is 5.61. The smallest absolute Gasteiger partial charge is 0.128 e. The van der Waals surface area contributed by atoms with Gasteiger partial charge in [0.2, 0.25) is 0 Å². The van der Waals surface area contributed by atoms with Crippen molar-refractivity contribution in [2.24, 2.45) is 11.3 Å². The van der Waals surface area contributed by atoms with Crippen LogP contribution in [0.15, 0.2) is 0 Å². The summed E-state index contributed by atoms with van der Waals surface area (Å²) in [6, 6.07) is 0. The molecular formula is C9H16O2. The Hall–Kier alpha value is -0.370. The van der Waals surface area contributed by atoms with Crippen LogP contribution in [0.3, 0.4) is 0 Å². The van der Waals surface area contributed by atoms with Crippen LogP contribution in [-0.2, 0) is 9.53 Å². The molecule has 0 aliphatic carbocycles. The first-order valence-electron chi connectivity index (χ1n) is 4.14. The van der Waals surface area contributed by atoms with Crippen LogP contribution in [0.25, 0.3) is 0 Å². The van der Waals surface area contributed by atoms with E-state index in [-0.39, 0.29) is 17.6 Å². The van der Waals surface area contributed by atoms with Gasteiger partial charge in [0.1, 0.15) is 6.29 Å². The van der Waals surface area contributed by atoms with E-state index in [1.165, 1.54) is 0 Å². The fraction of sp³-hybridized carbons (Fsp3) is 0.889. The van der Waals surface area contributed by atoms with Gasteiger partial charge in [-0.3, -0.25) is 0 Å². The number of rotatable bonds is 1.